The van der Waals surface area contributed by atoms with E-state index in [1.54, 1.807) is 6.20 Å². The third kappa shape index (κ3) is 14.6. The summed E-state index contributed by atoms with van der Waals surface area (Å²) in [6.07, 6.45) is -0.110. The van der Waals surface area contributed by atoms with Gasteiger partial charge in [0.25, 0.3) is 0 Å². The van der Waals surface area contributed by atoms with Gasteiger partial charge in [0.1, 0.15) is 11.6 Å². The number of aromatic amines is 2. The molecule has 49 heavy (non-hydrogen) atoms. The zero-order valence-electron chi connectivity index (χ0n) is 26.2. The smallest absolute Gasteiger partial charge is 0.475 e. The van der Waals surface area contributed by atoms with Crippen LogP contribution < -0.4 is 5.32 Å². The van der Waals surface area contributed by atoms with E-state index in [0.717, 1.165) is 48.3 Å². The zero-order chi connectivity index (χ0) is 36.6. The number of ketones is 1. The average molecular weight is 700 g/mol. The number of aromatic nitrogens is 4. The number of alkyl halides is 6. The Morgan fingerprint density at radius 1 is 0.878 bits per heavy atom. The summed E-state index contributed by atoms with van der Waals surface area (Å²) < 4.78 is 63.5. The number of fused-ring (bicyclic) bond motifs is 1. The lowest BCUT2D eigenvalue weighted by Gasteiger charge is -2.14. The topological polar surface area (TPSA) is 178 Å². The lowest BCUT2D eigenvalue weighted by molar-refractivity contribution is -0.193. The van der Waals surface area contributed by atoms with Crippen molar-refractivity contribution in [3.05, 3.63) is 72.4 Å². The van der Waals surface area contributed by atoms with Crippen molar-refractivity contribution in [1.82, 2.24) is 25.5 Å². The molecule has 0 radical (unpaired) electrons. The highest BCUT2D eigenvalue weighted by atomic mass is 19.4. The molecule has 17 heteroatoms. The van der Waals surface area contributed by atoms with Gasteiger partial charge in [0.15, 0.2) is 0 Å². The number of hydrogen-bond acceptors (Lipinski definition) is 6. The van der Waals surface area contributed by atoms with Crippen LogP contribution >= 0.6 is 0 Å². The fraction of sp³-hybridized carbons (Fsp3) is 0.375. The summed E-state index contributed by atoms with van der Waals surface area (Å²) in [4.78, 5) is 50.2. The summed E-state index contributed by atoms with van der Waals surface area (Å²) in [7, 11) is 0. The number of nitrogens with zero attached hydrogens (tertiary/aromatic N) is 2. The first-order valence-corrected chi connectivity index (χ1v) is 14.9. The number of halogens is 6. The van der Waals surface area contributed by atoms with Gasteiger partial charge >= 0.3 is 24.3 Å². The van der Waals surface area contributed by atoms with Crippen molar-refractivity contribution in [3.8, 4) is 11.3 Å². The molecule has 4 aromatic rings. The third-order valence-electron chi connectivity index (χ3n) is 6.94. The van der Waals surface area contributed by atoms with Crippen LogP contribution in [-0.2, 0) is 25.6 Å². The monoisotopic (exact) mass is 699 g/mol. The second-order valence-electron chi connectivity index (χ2n) is 10.6. The van der Waals surface area contributed by atoms with E-state index >= 15 is 0 Å². The highest BCUT2D eigenvalue weighted by Crippen LogP contribution is 2.29. The highest BCUT2D eigenvalue weighted by molar-refractivity contribution is 5.86. The molecule has 0 aliphatic carbocycles. The minimum atomic E-state index is -5.08. The van der Waals surface area contributed by atoms with E-state index in [2.05, 4.69) is 55.8 Å². The summed E-state index contributed by atoms with van der Waals surface area (Å²) in [6.45, 7) is 2.50. The van der Waals surface area contributed by atoms with E-state index in [1.807, 2.05) is 31.5 Å². The molecule has 1 amide bonds. The fourth-order valence-corrected chi connectivity index (χ4v) is 4.34. The van der Waals surface area contributed by atoms with Gasteiger partial charge in [-0.1, -0.05) is 43.3 Å². The minimum absolute atomic E-state index is 0.0492. The van der Waals surface area contributed by atoms with Crippen molar-refractivity contribution in [1.29, 1.82) is 0 Å². The average Bonchev–Trinajstić information content (AvgIpc) is 3.75. The quantitative estimate of drug-likeness (QED) is 0.0970. The molecule has 0 saturated heterocycles. The number of benzene rings is 2. The van der Waals surface area contributed by atoms with E-state index in [4.69, 9.17) is 19.8 Å². The molecule has 0 bridgehead atoms. The van der Waals surface area contributed by atoms with Crippen molar-refractivity contribution in [2.24, 2.45) is 0 Å². The van der Waals surface area contributed by atoms with Crippen LogP contribution in [0.25, 0.3) is 22.0 Å². The summed E-state index contributed by atoms with van der Waals surface area (Å²) in [5.74, 6) is -4.21. The molecule has 0 aliphatic heterocycles. The molecule has 5 N–H and O–H groups in total. The molecule has 2 aromatic heterocycles. The van der Waals surface area contributed by atoms with Crippen LogP contribution in [-0.4, -0.2) is 72.9 Å². The number of amides is 1. The molecule has 1 unspecified atom stereocenters. The fourth-order valence-electron chi connectivity index (χ4n) is 4.34. The lowest BCUT2D eigenvalue weighted by Crippen LogP contribution is -2.25. The summed E-state index contributed by atoms with van der Waals surface area (Å²) in [6, 6.07) is 14.7. The molecule has 1 atom stereocenters. The van der Waals surface area contributed by atoms with Crippen LogP contribution in [0.1, 0.15) is 62.8 Å². The Morgan fingerprint density at radius 3 is 2.08 bits per heavy atom. The molecule has 0 aliphatic rings. The van der Waals surface area contributed by atoms with Gasteiger partial charge in [-0.2, -0.15) is 31.4 Å². The number of rotatable bonds is 13. The molecule has 0 saturated carbocycles. The molecule has 4 rings (SSSR count). The van der Waals surface area contributed by atoms with Crippen LogP contribution in [0.2, 0.25) is 0 Å². The Hall–Kier alpha value is -5.22. The van der Waals surface area contributed by atoms with Crippen molar-refractivity contribution in [2.75, 3.05) is 6.54 Å². The van der Waals surface area contributed by atoms with Crippen molar-refractivity contribution in [2.45, 2.75) is 70.1 Å². The number of carboxylic acids is 2. The van der Waals surface area contributed by atoms with E-state index in [-0.39, 0.29) is 17.6 Å². The van der Waals surface area contributed by atoms with Gasteiger partial charge in [-0.25, -0.2) is 14.6 Å². The van der Waals surface area contributed by atoms with Gasteiger partial charge in [-0.05, 0) is 48.1 Å². The van der Waals surface area contributed by atoms with Crippen molar-refractivity contribution >= 4 is 34.4 Å². The Bertz CT molecular complexity index is 1630. The Morgan fingerprint density at radius 2 is 1.51 bits per heavy atom. The van der Waals surface area contributed by atoms with E-state index < -0.39 is 24.3 Å². The number of carbonyl (C=O) groups excluding carboxylic acids is 2. The highest BCUT2D eigenvalue weighted by Gasteiger charge is 2.38. The Labute approximate surface area is 276 Å². The molecular formula is C32H35F6N5O6. The first kappa shape index (κ1) is 40.0. The molecule has 0 fully saturated rings. The second-order valence-corrected chi connectivity index (χ2v) is 10.6. The SMILES string of the molecule is CCC(=O)CCC(CCCC(=O)NCCc1cn[nH]c1)c1ncc(-c2ccc3ccccc3c2)[nH]1.O=C(O)C(F)(F)F.O=C(O)C(F)(F)F. The van der Waals surface area contributed by atoms with Crippen molar-refractivity contribution in [3.63, 3.8) is 0 Å². The maximum atomic E-state index is 12.3. The molecule has 2 aromatic carbocycles. The number of carbonyl (C=O) groups is 4. The van der Waals surface area contributed by atoms with Gasteiger partial charge in [0.2, 0.25) is 5.91 Å². The number of nitrogens with one attached hydrogen (secondary N) is 3. The van der Waals surface area contributed by atoms with Crippen LogP contribution in [0.5, 0.6) is 0 Å². The first-order valence-electron chi connectivity index (χ1n) is 14.9. The van der Waals surface area contributed by atoms with Crippen LogP contribution in [0.15, 0.2) is 61.1 Å². The van der Waals surface area contributed by atoms with E-state index in [0.29, 0.717) is 25.8 Å². The lowest BCUT2D eigenvalue weighted by atomic mass is 9.94. The molecule has 266 valence electrons. The van der Waals surface area contributed by atoms with Crippen molar-refractivity contribution < 1.29 is 55.7 Å². The summed E-state index contributed by atoms with van der Waals surface area (Å²) in [5, 5.41) is 26.3. The molecular weight excluding hydrogens is 664 g/mol. The minimum Gasteiger partial charge on any atom is -0.475 e. The maximum absolute atomic E-state index is 12.3. The van der Waals surface area contributed by atoms with E-state index in [9.17, 15) is 35.9 Å². The van der Waals surface area contributed by atoms with Crippen LogP contribution in [0.3, 0.4) is 0 Å². The maximum Gasteiger partial charge on any atom is 0.490 e. The van der Waals surface area contributed by atoms with Gasteiger partial charge in [0, 0.05) is 43.5 Å². The van der Waals surface area contributed by atoms with Crippen LogP contribution in [0.4, 0.5) is 26.3 Å². The number of imidazole rings is 1. The molecule has 0 spiro atoms. The van der Waals surface area contributed by atoms with Gasteiger partial charge in [-0.3, -0.25) is 14.7 Å². The van der Waals surface area contributed by atoms with E-state index in [1.165, 1.54) is 10.8 Å². The first-order chi connectivity index (χ1) is 23.0. The normalized spacial score (nSPS) is 11.8. The number of H-pyrrole nitrogens is 2. The Balaban J connectivity index is 0.000000500. The predicted octanol–water partition coefficient (Wildman–Crippen LogP) is 6.59. The third-order valence-corrected chi connectivity index (χ3v) is 6.94. The second kappa shape index (κ2) is 18.9. The zero-order valence-corrected chi connectivity index (χ0v) is 26.2. The Kier molecular flexibility index (Phi) is 15.4. The van der Waals surface area contributed by atoms with Crippen LogP contribution in [0, 0.1) is 0 Å². The van der Waals surface area contributed by atoms with Gasteiger partial charge in [-0.15, -0.1) is 0 Å². The summed E-state index contributed by atoms with van der Waals surface area (Å²) in [5.41, 5.74) is 3.13. The number of aliphatic carboxylic acids is 2. The summed E-state index contributed by atoms with van der Waals surface area (Å²) >= 11 is 0. The predicted molar refractivity (Wildman–Crippen MR) is 165 cm³/mol. The number of carboxylic acid groups (broad SMARTS) is 2. The number of hydrogen-bond donors (Lipinski definition) is 5. The van der Waals surface area contributed by atoms with Gasteiger partial charge in [0.05, 0.1) is 18.1 Å². The molecule has 11 nitrogen and oxygen atoms in total. The standard InChI is InChI=1S/C28H33N5O2.2C2HF3O2/c1-2-25(34)13-12-22(8-5-9-27(35)29-15-14-20-17-31-32-18-20)28-30-19-26(33-28)24-11-10-21-6-3-4-7-23(21)16-24;2*3-2(4,5)1(6)7/h3-4,6-7,10-11,16-19,22H,2,5,8-9,12-15H2,1H3,(H,29,35)(H,30,33)(H,31,32);2*(H,6,7). The van der Waals surface area contributed by atoms with Gasteiger partial charge < -0.3 is 20.5 Å². The number of Topliss-reactive ketones (excluding diaryl/α,β-unsaturated/α-hetero) is 1. The molecule has 2 heterocycles. The largest absolute Gasteiger partial charge is 0.490 e.